The predicted octanol–water partition coefficient (Wildman–Crippen LogP) is 2.05. The van der Waals surface area contributed by atoms with Crippen molar-refractivity contribution in [2.45, 2.75) is 31.7 Å². The maximum atomic E-state index is 13.3. The van der Waals surface area contributed by atoms with E-state index in [0.29, 0.717) is 31.7 Å². The number of hydrogen-bond acceptors (Lipinski definition) is 3. The topological polar surface area (TPSA) is 66.6 Å². The van der Waals surface area contributed by atoms with Crippen LogP contribution < -0.4 is 5.73 Å². The Morgan fingerprint density at radius 3 is 2.48 bits per heavy atom. The Labute approximate surface area is 153 Å². The minimum absolute atomic E-state index is 0. The first kappa shape index (κ1) is 19.7. The summed E-state index contributed by atoms with van der Waals surface area (Å²) in [6.45, 7) is 2.27. The van der Waals surface area contributed by atoms with Gasteiger partial charge in [0.25, 0.3) is 5.91 Å². The molecule has 138 valence electrons. The fourth-order valence-corrected chi connectivity index (χ4v) is 3.64. The molecule has 2 atom stereocenters. The molecule has 2 unspecified atom stereocenters. The van der Waals surface area contributed by atoms with Gasteiger partial charge in [0.1, 0.15) is 5.82 Å². The molecule has 1 aromatic rings. The van der Waals surface area contributed by atoms with Crippen LogP contribution in [0, 0.1) is 11.7 Å². The van der Waals surface area contributed by atoms with Crippen molar-refractivity contribution in [1.29, 1.82) is 0 Å². The summed E-state index contributed by atoms with van der Waals surface area (Å²) in [4.78, 5) is 28.7. The van der Waals surface area contributed by atoms with Gasteiger partial charge in [0.05, 0.1) is 0 Å². The van der Waals surface area contributed by atoms with E-state index in [1.54, 1.807) is 17.0 Å². The van der Waals surface area contributed by atoms with Crippen LogP contribution in [0.15, 0.2) is 24.3 Å². The molecule has 2 fully saturated rings. The SMILES string of the molecule is Cl.NC1CCC(C(=O)N2CCCN(C(=O)c3cccc(F)c3)CC2)C1. The minimum Gasteiger partial charge on any atom is -0.341 e. The van der Waals surface area contributed by atoms with Gasteiger partial charge in [-0.2, -0.15) is 0 Å². The number of benzene rings is 1. The number of nitrogens with two attached hydrogens (primary N) is 1. The molecule has 1 heterocycles. The van der Waals surface area contributed by atoms with E-state index in [1.807, 2.05) is 4.90 Å². The first-order valence-corrected chi connectivity index (χ1v) is 8.64. The maximum absolute atomic E-state index is 13.3. The number of carbonyl (C=O) groups excluding carboxylic acids is 2. The van der Waals surface area contributed by atoms with Crippen molar-refractivity contribution in [3.63, 3.8) is 0 Å². The molecule has 1 saturated heterocycles. The van der Waals surface area contributed by atoms with E-state index in [0.717, 1.165) is 25.7 Å². The van der Waals surface area contributed by atoms with Crippen molar-refractivity contribution in [3.8, 4) is 0 Å². The summed E-state index contributed by atoms with van der Waals surface area (Å²) < 4.78 is 13.3. The Hall–Kier alpha value is -1.66. The van der Waals surface area contributed by atoms with Crippen LogP contribution in [0.4, 0.5) is 4.39 Å². The second-order valence-electron chi connectivity index (χ2n) is 6.75. The van der Waals surface area contributed by atoms with Gasteiger partial charge in [-0.1, -0.05) is 6.07 Å². The summed E-state index contributed by atoms with van der Waals surface area (Å²) in [6.07, 6.45) is 3.28. The second kappa shape index (κ2) is 8.63. The lowest BCUT2D eigenvalue weighted by Gasteiger charge is -2.24. The van der Waals surface area contributed by atoms with Crippen molar-refractivity contribution < 1.29 is 14.0 Å². The zero-order chi connectivity index (χ0) is 17.1. The zero-order valence-corrected chi connectivity index (χ0v) is 15.0. The number of amides is 2. The van der Waals surface area contributed by atoms with Crippen LogP contribution >= 0.6 is 12.4 Å². The van der Waals surface area contributed by atoms with Crippen molar-refractivity contribution in [2.75, 3.05) is 26.2 Å². The third-order valence-electron chi connectivity index (χ3n) is 4.99. The van der Waals surface area contributed by atoms with Gasteiger partial charge < -0.3 is 15.5 Å². The highest BCUT2D eigenvalue weighted by Gasteiger charge is 2.32. The van der Waals surface area contributed by atoms with E-state index in [2.05, 4.69) is 0 Å². The molecule has 1 aliphatic carbocycles. The first-order chi connectivity index (χ1) is 11.5. The molecule has 1 aromatic carbocycles. The Bertz CT molecular complexity index is 628. The third kappa shape index (κ3) is 4.70. The van der Waals surface area contributed by atoms with Crippen LogP contribution in [0.1, 0.15) is 36.0 Å². The van der Waals surface area contributed by atoms with E-state index >= 15 is 0 Å². The predicted molar refractivity (Wildman–Crippen MR) is 96.1 cm³/mol. The van der Waals surface area contributed by atoms with Crippen molar-refractivity contribution >= 4 is 24.2 Å². The monoisotopic (exact) mass is 369 g/mol. The number of hydrogen-bond donors (Lipinski definition) is 1. The van der Waals surface area contributed by atoms with E-state index in [4.69, 9.17) is 5.73 Å². The number of halogens is 2. The van der Waals surface area contributed by atoms with Gasteiger partial charge in [0, 0.05) is 43.7 Å². The van der Waals surface area contributed by atoms with E-state index in [1.165, 1.54) is 12.1 Å². The van der Waals surface area contributed by atoms with Gasteiger partial charge in [-0.25, -0.2) is 4.39 Å². The molecule has 25 heavy (non-hydrogen) atoms. The fraction of sp³-hybridized carbons (Fsp3) is 0.556. The quantitative estimate of drug-likeness (QED) is 0.867. The Kier molecular flexibility index (Phi) is 6.79. The summed E-state index contributed by atoms with van der Waals surface area (Å²) in [5.74, 6) is -0.384. The molecule has 1 saturated carbocycles. The lowest BCUT2D eigenvalue weighted by atomic mass is 10.1. The fourth-order valence-electron chi connectivity index (χ4n) is 3.64. The second-order valence-corrected chi connectivity index (χ2v) is 6.75. The van der Waals surface area contributed by atoms with Gasteiger partial charge in [-0.05, 0) is 43.9 Å². The summed E-state index contributed by atoms with van der Waals surface area (Å²) in [5.41, 5.74) is 6.27. The highest BCUT2D eigenvalue weighted by Crippen LogP contribution is 2.26. The standard InChI is InChI=1S/C18H24FN3O2.ClH/c19-15-4-1-3-13(11-15)17(23)21-7-2-8-22(10-9-21)18(24)14-5-6-16(20)12-14;/h1,3-4,11,14,16H,2,5-10,12,20H2;1H. The Morgan fingerprint density at radius 2 is 1.80 bits per heavy atom. The van der Waals surface area contributed by atoms with E-state index < -0.39 is 5.82 Å². The van der Waals surface area contributed by atoms with Crippen LogP contribution in [-0.4, -0.2) is 53.8 Å². The van der Waals surface area contributed by atoms with Gasteiger partial charge in [-0.15, -0.1) is 12.4 Å². The molecule has 3 rings (SSSR count). The molecule has 2 amide bonds. The Morgan fingerprint density at radius 1 is 1.08 bits per heavy atom. The number of nitrogens with zero attached hydrogens (tertiary/aromatic N) is 2. The van der Waals surface area contributed by atoms with Crippen molar-refractivity contribution in [2.24, 2.45) is 11.7 Å². The number of carbonyl (C=O) groups is 2. The van der Waals surface area contributed by atoms with E-state index in [9.17, 15) is 14.0 Å². The highest BCUT2D eigenvalue weighted by molar-refractivity contribution is 5.94. The summed E-state index contributed by atoms with van der Waals surface area (Å²) in [5, 5.41) is 0. The molecular formula is C18H25ClFN3O2. The first-order valence-electron chi connectivity index (χ1n) is 8.64. The van der Waals surface area contributed by atoms with Crippen LogP contribution in [0.5, 0.6) is 0 Å². The average Bonchev–Trinajstić information content (AvgIpc) is 2.86. The summed E-state index contributed by atoms with van der Waals surface area (Å²) in [7, 11) is 0. The zero-order valence-electron chi connectivity index (χ0n) is 14.2. The molecule has 0 bridgehead atoms. The van der Waals surface area contributed by atoms with Crippen molar-refractivity contribution in [3.05, 3.63) is 35.6 Å². The van der Waals surface area contributed by atoms with Crippen LogP contribution in [-0.2, 0) is 4.79 Å². The molecule has 0 aromatic heterocycles. The normalized spacial score (nSPS) is 23.8. The minimum atomic E-state index is -0.412. The summed E-state index contributed by atoms with van der Waals surface area (Å²) >= 11 is 0. The molecule has 7 heteroatoms. The largest absolute Gasteiger partial charge is 0.341 e. The van der Waals surface area contributed by atoms with Crippen LogP contribution in [0.3, 0.4) is 0 Å². The van der Waals surface area contributed by atoms with Crippen LogP contribution in [0.25, 0.3) is 0 Å². The van der Waals surface area contributed by atoms with Crippen molar-refractivity contribution in [1.82, 2.24) is 9.80 Å². The third-order valence-corrected chi connectivity index (χ3v) is 4.99. The summed E-state index contributed by atoms with van der Waals surface area (Å²) in [6, 6.07) is 5.89. The lowest BCUT2D eigenvalue weighted by molar-refractivity contribution is -0.135. The molecule has 0 radical (unpaired) electrons. The van der Waals surface area contributed by atoms with Crippen LogP contribution in [0.2, 0.25) is 0 Å². The Balaban J connectivity index is 0.00000225. The number of rotatable bonds is 2. The maximum Gasteiger partial charge on any atom is 0.254 e. The van der Waals surface area contributed by atoms with Gasteiger partial charge in [0.2, 0.25) is 5.91 Å². The van der Waals surface area contributed by atoms with Gasteiger partial charge in [-0.3, -0.25) is 9.59 Å². The molecule has 2 aliphatic rings. The molecule has 1 aliphatic heterocycles. The lowest BCUT2D eigenvalue weighted by Crippen LogP contribution is -2.39. The van der Waals surface area contributed by atoms with E-state index in [-0.39, 0.29) is 36.2 Å². The highest BCUT2D eigenvalue weighted by atomic mass is 35.5. The van der Waals surface area contributed by atoms with Gasteiger partial charge in [0.15, 0.2) is 0 Å². The van der Waals surface area contributed by atoms with Gasteiger partial charge >= 0.3 is 0 Å². The molecular weight excluding hydrogens is 345 g/mol. The average molecular weight is 370 g/mol. The molecule has 5 nitrogen and oxygen atoms in total. The molecule has 0 spiro atoms. The smallest absolute Gasteiger partial charge is 0.254 e. The molecule has 2 N–H and O–H groups in total.